The highest BCUT2D eigenvalue weighted by molar-refractivity contribution is 5.97. The summed E-state index contributed by atoms with van der Waals surface area (Å²) >= 11 is 0. The van der Waals surface area contributed by atoms with Crippen molar-refractivity contribution in [2.75, 3.05) is 50.0 Å². The average molecular weight is 601 g/mol. The predicted octanol–water partition coefficient (Wildman–Crippen LogP) is 4.36. The Balaban J connectivity index is 1.14. The first-order chi connectivity index (χ1) is 21.2. The minimum Gasteiger partial charge on any atom is -0.364 e. The zero-order valence-electron chi connectivity index (χ0n) is 25.5. The van der Waals surface area contributed by atoms with E-state index in [2.05, 4.69) is 44.0 Å². The first-order valence-electron chi connectivity index (χ1n) is 15.6. The summed E-state index contributed by atoms with van der Waals surface area (Å²) in [6.07, 6.45) is 7.51. The van der Waals surface area contributed by atoms with Crippen LogP contribution in [0.4, 0.5) is 21.8 Å². The van der Waals surface area contributed by atoms with E-state index in [4.69, 9.17) is 10.7 Å². The van der Waals surface area contributed by atoms with Crippen LogP contribution in [0.3, 0.4) is 0 Å². The highest BCUT2D eigenvalue weighted by Gasteiger charge is 2.32. The molecule has 1 saturated carbocycles. The van der Waals surface area contributed by atoms with E-state index in [0.29, 0.717) is 17.6 Å². The van der Waals surface area contributed by atoms with Crippen molar-refractivity contribution in [3.63, 3.8) is 0 Å². The molecule has 6 rings (SSSR count). The number of halogens is 1. The number of nitrogens with one attached hydrogen (secondary N) is 1. The van der Waals surface area contributed by atoms with Crippen LogP contribution < -0.4 is 16.0 Å². The van der Waals surface area contributed by atoms with Crippen molar-refractivity contribution in [2.45, 2.75) is 57.5 Å². The van der Waals surface area contributed by atoms with Crippen molar-refractivity contribution in [2.24, 2.45) is 11.7 Å². The number of ketones is 1. The van der Waals surface area contributed by atoms with Crippen molar-refractivity contribution in [1.29, 1.82) is 0 Å². The summed E-state index contributed by atoms with van der Waals surface area (Å²) < 4.78 is 14.8. The molecule has 0 spiro atoms. The molecule has 10 nitrogen and oxygen atoms in total. The molecule has 0 bridgehead atoms. The van der Waals surface area contributed by atoms with E-state index in [9.17, 15) is 14.0 Å². The first kappa shape index (κ1) is 30.1. The van der Waals surface area contributed by atoms with Gasteiger partial charge >= 0.3 is 0 Å². The molecular formula is C33H41FN8O2. The molecule has 0 radical (unpaired) electrons. The number of hydrogen-bond acceptors (Lipinski definition) is 9. The van der Waals surface area contributed by atoms with Crippen LogP contribution in [0.5, 0.6) is 0 Å². The number of aromatic nitrogens is 3. The topological polar surface area (TPSA) is 121 Å². The van der Waals surface area contributed by atoms with Crippen molar-refractivity contribution >= 4 is 29.1 Å². The summed E-state index contributed by atoms with van der Waals surface area (Å²) in [5.74, 6) is 0.500. The Morgan fingerprint density at radius 1 is 1.02 bits per heavy atom. The zero-order valence-corrected chi connectivity index (χ0v) is 25.5. The molecule has 4 heterocycles. The standard InChI is InChI=1S/C33H41FN8O2/c1-21-24(17-28(43)26-9-8-25(16-27(26)34)23-6-7-23)4-3-11-42(21)30-19-37-31(32(35)44)33(39-30)38-29-10-5-22(18-36-29)20-41-14-12-40(2)13-15-41/h5,8-10,16,18-19,21,23-24H,3-4,6-7,11-15,17,20H2,1-2H3,(H2,35,44)(H,36,38,39)/t21-,24+/m1/s1. The number of amides is 1. The van der Waals surface area contributed by atoms with Crippen molar-refractivity contribution in [3.8, 4) is 0 Å². The van der Waals surface area contributed by atoms with E-state index in [1.165, 1.54) is 6.07 Å². The lowest BCUT2D eigenvalue weighted by atomic mass is 9.84. The summed E-state index contributed by atoms with van der Waals surface area (Å²) in [5, 5.41) is 3.14. The van der Waals surface area contributed by atoms with E-state index < -0.39 is 11.7 Å². The fraction of sp³-hybridized carbons (Fsp3) is 0.485. The van der Waals surface area contributed by atoms with Gasteiger partial charge in [0.25, 0.3) is 5.91 Å². The number of nitrogens with zero attached hydrogens (tertiary/aromatic N) is 6. The molecule has 1 aromatic carbocycles. The summed E-state index contributed by atoms with van der Waals surface area (Å²) in [6.45, 7) is 7.76. The number of piperidine rings is 1. The van der Waals surface area contributed by atoms with E-state index in [1.54, 1.807) is 12.3 Å². The molecule has 11 heteroatoms. The molecule has 3 N–H and O–H groups in total. The van der Waals surface area contributed by atoms with Crippen LogP contribution in [-0.4, -0.2) is 82.3 Å². The van der Waals surface area contributed by atoms with Crippen LogP contribution in [-0.2, 0) is 6.54 Å². The number of nitrogens with two attached hydrogens (primary N) is 1. The first-order valence-corrected chi connectivity index (χ1v) is 15.6. The van der Waals surface area contributed by atoms with Gasteiger partial charge < -0.3 is 20.9 Å². The summed E-state index contributed by atoms with van der Waals surface area (Å²) in [7, 11) is 2.14. The number of hydrogen-bond donors (Lipinski definition) is 2. The van der Waals surface area contributed by atoms with E-state index in [0.717, 1.165) is 76.1 Å². The molecule has 1 aliphatic carbocycles. The fourth-order valence-electron chi connectivity index (χ4n) is 6.36. The van der Waals surface area contributed by atoms with Gasteiger partial charge in [-0.05, 0) is 80.8 Å². The molecule has 2 saturated heterocycles. The Bertz CT molecular complexity index is 1500. The lowest BCUT2D eigenvalue weighted by Crippen LogP contribution is -2.44. The normalized spacial score (nSPS) is 21.3. The Morgan fingerprint density at radius 3 is 2.50 bits per heavy atom. The third kappa shape index (κ3) is 6.89. The molecule has 3 fully saturated rings. The van der Waals surface area contributed by atoms with Crippen LogP contribution in [0.25, 0.3) is 0 Å². The second kappa shape index (κ2) is 13.0. The second-order valence-electron chi connectivity index (χ2n) is 12.5. The maximum atomic E-state index is 14.8. The Hall–Kier alpha value is -3.96. The SMILES string of the molecule is C[C@@H]1[C@H](CC(=O)c2ccc(C3CC3)cc2F)CCCN1c1cnc(C(N)=O)c(Nc2ccc(CN3CCN(C)CC3)cn2)n1. The quantitative estimate of drug-likeness (QED) is 0.327. The van der Waals surface area contributed by atoms with Gasteiger partial charge in [-0.1, -0.05) is 12.1 Å². The number of likely N-dealkylation sites (N-methyl/N-ethyl adjacent to an activating group) is 1. The summed E-state index contributed by atoms with van der Waals surface area (Å²) in [5.41, 5.74) is 7.92. The lowest BCUT2D eigenvalue weighted by molar-refractivity contribution is 0.0940. The molecule has 232 valence electrons. The third-order valence-electron chi connectivity index (χ3n) is 9.30. The van der Waals surface area contributed by atoms with E-state index in [-0.39, 0.29) is 41.2 Å². The minimum absolute atomic E-state index is 0.0160. The number of rotatable bonds is 10. The van der Waals surface area contributed by atoms with Crippen molar-refractivity contribution < 1.29 is 14.0 Å². The van der Waals surface area contributed by atoms with Gasteiger partial charge in [0.2, 0.25) is 0 Å². The minimum atomic E-state index is -0.692. The smallest absolute Gasteiger partial charge is 0.271 e. The van der Waals surface area contributed by atoms with Gasteiger partial charge in [-0.15, -0.1) is 0 Å². The number of carbonyl (C=O) groups is 2. The van der Waals surface area contributed by atoms with Crippen LogP contribution in [0.1, 0.15) is 76.9 Å². The molecular weight excluding hydrogens is 559 g/mol. The van der Waals surface area contributed by atoms with Crippen molar-refractivity contribution in [3.05, 3.63) is 70.9 Å². The number of pyridine rings is 1. The number of piperazine rings is 1. The van der Waals surface area contributed by atoms with Gasteiger partial charge in [0.1, 0.15) is 17.5 Å². The molecule has 1 amide bonds. The van der Waals surface area contributed by atoms with Crippen LogP contribution in [0, 0.1) is 11.7 Å². The number of benzene rings is 1. The molecule has 2 aliphatic heterocycles. The third-order valence-corrected chi connectivity index (χ3v) is 9.30. The number of primary amides is 1. The molecule has 2 aromatic heterocycles. The lowest BCUT2D eigenvalue weighted by Gasteiger charge is -2.40. The summed E-state index contributed by atoms with van der Waals surface area (Å²) in [4.78, 5) is 45.9. The molecule has 3 aromatic rings. The van der Waals surface area contributed by atoms with E-state index in [1.807, 2.05) is 24.4 Å². The molecule has 2 atom stereocenters. The maximum absolute atomic E-state index is 14.8. The van der Waals surface area contributed by atoms with Gasteiger partial charge in [-0.3, -0.25) is 14.5 Å². The fourth-order valence-corrected chi connectivity index (χ4v) is 6.36. The maximum Gasteiger partial charge on any atom is 0.271 e. The Morgan fingerprint density at radius 2 is 1.82 bits per heavy atom. The molecule has 3 aliphatic rings. The largest absolute Gasteiger partial charge is 0.364 e. The molecule has 44 heavy (non-hydrogen) atoms. The summed E-state index contributed by atoms with van der Waals surface area (Å²) in [6, 6.07) is 8.91. The predicted molar refractivity (Wildman–Crippen MR) is 168 cm³/mol. The monoisotopic (exact) mass is 600 g/mol. The van der Waals surface area contributed by atoms with Crippen LogP contribution in [0.15, 0.2) is 42.7 Å². The second-order valence-corrected chi connectivity index (χ2v) is 12.5. The molecule has 0 unspecified atom stereocenters. The van der Waals surface area contributed by atoms with Gasteiger partial charge in [0.05, 0.1) is 11.8 Å². The van der Waals surface area contributed by atoms with Crippen molar-refractivity contribution in [1.82, 2.24) is 24.8 Å². The Labute approximate surface area is 257 Å². The van der Waals surface area contributed by atoms with Crippen LogP contribution >= 0.6 is 0 Å². The highest BCUT2D eigenvalue weighted by Crippen LogP contribution is 2.40. The number of Topliss-reactive ketones (excluding diaryl/α,β-unsaturated/α-hetero) is 1. The zero-order chi connectivity index (χ0) is 30.8. The number of anilines is 3. The highest BCUT2D eigenvalue weighted by atomic mass is 19.1. The Kier molecular flexibility index (Phi) is 8.86. The number of carbonyl (C=O) groups excluding carboxylic acids is 2. The van der Waals surface area contributed by atoms with E-state index >= 15 is 0 Å². The van der Waals surface area contributed by atoms with Gasteiger partial charge in [0, 0.05) is 57.9 Å². The average Bonchev–Trinajstić information content (AvgIpc) is 3.86. The van der Waals surface area contributed by atoms with Crippen LogP contribution in [0.2, 0.25) is 0 Å². The van der Waals surface area contributed by atoms with Gasteiger partial charge in [0.15, 0.2) is 17.3 Å². The van der Waals surface area contributed by atoms with Gasteiger partial charge in [-0.25, -0.2) is 19.3 Å². The van der Waals surface area contributed by atoms with Gasteiger partial charge in [-0.2, -0.15) is 0 Å².